The summed E-state index contributed by atoms with van der Waals surface area (Å²) >= 11 is 0. The lowest BCUT2D eigenvalue weighted by molar-refractivity contribution is -0.137. The monoisotopic (exact) mass is 515 g/mol. The number of guanidine groups is 1. The zero-order valence-electron chi connectivity index (χ0n) is 15.9. The Morgan fingerprint density at radius 1 is 1.04 bits per heavy atom. The standard InChI is InChI=1S/C17H24F3N5O2.HI/c1-4-21-16(24-11-14(26)25(2)3)23-10-9-22-15(27)12-5-7-13(8-6-12)17(18,19)20;/h5-8H,4,9-11H2,1-3H3,(H,22,27)(H2,21,23,24);1H. The molecule has 1 aromatic carbocycles. The first-order valence-electron chi connectivity index (χ1n) is 8.33. The molecular formula is C17H25F3IN5O2. The molecule has 28 heavy (non-hydrogen) atoms. The fourth-order valence-corrected chi connectivity index (χ4v) is 1.90. The number of carbonyl (C=O) groups excluding carboxylic acids is 2. The van der Waals surface area contributed by atoms with Gasteiger partial charge in [-0.3, -0.25) is 9.59 Å². The first-order valence-corrected chi connectivity index (χ1v) is 8.33. The van der Waals surface area contributed by atoms with Crippen molar-refractivity contribution in [2.75, 3.05) is 40.3 Å². The van der Waals surface area contributed by atoms with Gasteiger partial charge in [0.1, 0.15) is 6.54 Å². The number of hydrogen-bond acceptors (Lipinski definition) is 3. The first-order chi connectivity index (χ1) is 12.6. The van der Waals surface area contributed by atoms with Gasteiger partial charge in [-0.2, -0.15) is 13.2 Å². The van der Waals surface area contributed by atoms with Crippen LogP contribution in [0.25, 0.3) is 0 Å². The minimum absolute atomic E-state index is 0. The molecule has 0 radical (unpaired) electrons. The average Bonchev–Trinajstić information content (AvgIpc) is 2.61. The third-order valence-electron chi connectivity index (χ3n) is 3.39. The van der Waals surface area contributed by atoms with Crippen molar-refractivity contribution in [3.8, 4) is 0 Å². The van der Waals surface area contributed by atoms with Crippen LogP contribution in [0.4, 0.5) is 13.2 Å². The van der Waals surface area contributed by atoms with E-state index >= 15 is 0 Å². The van der Waals surface area contributed by atoms with Gasteiger partial charge in [0, 0.05) is 39.3 Å². The molecule has 158 valence electrons. The summed E-state index contributed by atoms with van der Waals surface area (Å²) < 4.78 is 37.5. The Bertz CT molecular complexity index is 664. The average molecular weight is 515 g/mol. The summed E-state index contributed by atoms with van der Waals surface area (Å²) in [6.45, 7) is 3.01. The molecule has 0 aliphatic carbocycles. The zero-order valence-corrected chi connectivity index (χ0v) is 18.2. The number of amides is 2. The number of likely N-dealkylation sites (N-methyl/N-ethyl adjacent to an activating group) is 1. The van der Waals surface area contributed by atoms with Gasteiger partial charge >= 0.3 is 6.18 Å². The second-order valence-corrected chi connectivity index (χ2v) is 5.74. The Balaban J connectivity index is 0.00000729. The van der Waals surface area contributed by atoms with E-state index in [0.29, 0.717) is 19.0 Å². The SMILES string of the molecule is CCNC(=NCC(=O)N(C)C)NCCNC(=O)c1ccc(C(F)(F)F)cc1.I. The fourth-order valence-electron chi connectivity index (χ4n) is 1.90. The van der Waals surface area contributed by atoms with Gasteiger partial charge in [0.05, 0.1) is 5.56 Å². The second-order valence-electron chi connectivity index (χ2n) is 5.74. The Kier molecular flexibility index (Phi) is 11.5. The van der Waals surface area contributed by atoms with E-state index < -0.39 is 17.6 Å². The normalized spacial score (nSPS) is 11.3. The van der Waals surface area contributed by atoms with Gasteiger partial charge in [-0.05, 0) is 31.2 Å². The van der Waals surface area contributed by atoms with Crippen LogP contribution >= 0.6 is 24.0 Å². The molecule has 7 nitrogen and oxygen atoms in total. The van der Waals surface area contributed by atoms with E-state index in [1.807, 2.05) is 6.92 Å². The van der Waals surface area contributed by atoms with Crippen molar-refractivity contribution in [1.29, 1.82) is 0 Å². The molecule has 0 atom stereocenters. The fraction of sp³-hybridized carbons (Fsp3) is 0.471. The van der Waals surface area contributed by atoms with Crippen LogP contribution in [0.15, 0.2) is 29.3 Å². The number of aliphatic imine (C=N–C) groups is 1. The molecule has 0 unspecified atom stereocenters. The Morgan fingerprint density at radius 3 is 2.11 bits per heavy atom. The van der Waals surface area contributed by atoms with Crippen molar-refractivity contribution in [3.05, 3.63) is 35.4 Å². The summed E-state index contributed by atoms with van der Waals surface area (Å²) in [5.74, 6) is -0.200. The van der Waals surface area contributed by atoms with Gasteiger partial charge in [0.2, 0.25) is 5.91 Å². The topological polar surface area (TPSA) is 85.8 Å². The number of benzene rings is 1. The van der Waals surface area contributed by atoms with Gasteiger partial charge < -0.3 is 20.9 Å². The van der Waals surface area contributed by atoms with Gasteiger partial charge in [0.15, 0.2) is 5.96 Å². The number of rotatable bonds is 7. The van der Waals surface area contributed by atoms with Crippen molar-refractivity contribution in [3.63, 3.8) is 0 Å². The smallest absolute Gasteiger partial charge is 0.357 e. The lowest BCUT2D eigenvalue weighted by Gasteiger charge is -2.13. The quantitative estimate of drug-likeness (QED) is 0.224. The van der Waals surface area contributed by atoms with Crippen LogP contribution in [0.5, 0.6) is 0 Å². The third kappa shape index (κ3) is 9.24. The van der Waals surface area contributed by atoms with Gasteiger partial charge in [-0.15, -0.1) is 24.0 Å². The molecule has 0 aliphatic rings. The number of hydrogen-bond donors (Lipinski definition) is 3. The van der Waals surface area contributed by atoms with Crippen LogP contribution in [0.3, 0.4) is 0 Å². The largest absolute Gasteiger partial charge is 0.416 e. The van der Waals surface area contributed by atoms with E-state index in [4.69, 9.17) is 0 Å². The Labute approximate surface area is 179 Å². The number of nitrogens with one attached hydrogen (secondary N) is 3. The summed E-state index contributed by atoms with van der Waals surface area (Å²) in [7, 11) is 3.27. The van der Waals surface area contributed by atoms with E-state index in [9.17, 15) is 22.8 Å². The minimum Gasteiger partial charge on any atom is -0.357 e. The lowest BCUT2D eigenvalue weighted by atomic mass is 10.1. The first kappa shape index (κ1) is 25.9. The van der Waals surface area contributed by atoms with E-state index in [0.717, 1.165) is 24.3 Å². The van der Waals surface area contributed by atoms with Gasteiger partial charge in [-0.1, -0.05) is 0 Å². The second kappa shape index (κ2) is 12.4. The summed E-state index contributed by atoms with van der Waals surface area (Å²) in [6, 6.07) is 3.99. The maximum atomic E-state index is 12.5. The molecular weight excluding hydrogens is 490 g/mol. The number of alkyl halides is 3. The highest BCUT2D eigenvalue weighted by Crippen LogP contribution is 2.28. The minimum atomic E-state index is -4.44. The number of halogens is 4. The molecule has 0 aliphatic heterocycles. The molecule has 0 spiro atoms. The van der Waals surface area contributed by atoms with Crippen LogP contribution in [-0.4, -0.2) is 62.9 Å². The van der Waals surface area contributed by atoms with Crippen molar-refractivity contribution in [2.24, 2.45) is 4.99 Å². The maximum Gasteiger partial charge on any atom is 0.416 e. The van der Waals surface area contributed by atoms with Crippen LogP contribution < -0.4 is 16.0 Å². The summed E-state index contributed by atoms with van der Waals surface area (Å²) in [5, 5.41) is 8.52. The van der Waals surface area contributed by atoms with Crippen LogP contribution in [0.2, 0.25) is 0 Å². The highest BCUT2D eigenvalue weighted by molar-refractivity contribution is 14.0. The van der Waals surface area contributed by atoms with Crippen molar-refractivity contribution in [2.45, 2.75) is 13.1 Å². The molecule has 0 bridgehead atoms. The molecule has 0 fully saturated rings. The molecule has 0 aromatic heterocycles. The molecule has 0 saturated carbocycles. The number of carbonyl (C=O) groups is 2. The Hall–Kier alpha value is -2.05. The van der Waals surface area contributed by atoms with Crippen molar-refractivity contribution < 1.29 is 22.8 Å². The van der Waals surface area contributed by atoms with Crippen LogP contribution in [-0.2, 0) is 11.0 Å². The lowest BCUT2D eigenvalue weighted by Crippen LogP contribution is -2.42. The Morgan fingerprint density at radius 2 is 1.61 bits per heavy atom. The molecule has 0 saturated heterocycles. The van der Waals surface area contributed by atoms with Crippen molar-refractivity contribution >= 4 is 41.8 Å². The van der Waals surface area contributed by atoms with Crippen LogP contribution in [0, 0.1) is 0 Å². The van der Waals surface area contributed by atoms with Crippen LogP contribution in [0.1, 0.15) is 22.8 Å². The van der Waals surface area contributed by atoms with E-state index in [1.54, 1.807) is 14.1 Å². The predicted molar refractivity (Wildman–Crippen MR) is 112 cm³/mol. The molecule has 0 heterocycles. The third-order valence-corrected chi connectivity index (χ3v) is 3.39. The van der Waals surface area contributed by atoms with Gasteiger partial charge in [-0.25, -0.2) is 4.99 Å². The summed E-state index contributed by atoms with van der Waals surface area (Å²) in [4.78, 5) is 29.1. The summed E-state index contributed by atoms with van der Waals surface area (Å²) in [5.41, 5.74) is -0.667. The zero-order chi connectivity index (χ0) is 20.4. The maximum absolute atomic E-state index is 12.5. The van der Waals surface area contributed by atoms with Gasteiger partial charge in [0.25, 0.3) is 5.91 Å². The molecule has 1 rings (SSSR count). The van der Waals surface area contributed by atoms with E-state index in [1.165, 1.54) is 4.90 Å². The predicted octanol–water partition coefficient (Wildman–Crippen LogP) is 1.70. The molecule has 11 heteroatoms. The molecule has 1 aromatic rings. The number of nitrogens with zero attached hydrogens (tertiary/aromatic N) is 2. The van der Waals surface area contributed by atoms with E-state index in [2.05, 4.69) is 20.9 Å². The van der Waals surface area contributed by atoms with E-state index in [-0.39, 0.29) is 48.5 Å². The molecule has 3 N–H and O–H groups in total. The highest BCUT2D eigenvalue weighted by Gasteiger charge is 2.30. The van der Waals surface area contributed by atoms with Crippen molar-refractivity contribution in [1.82, 2.24) is 20.9 Å². The highest BCUT2D eigenvalue weighted by atomic mass is 127. The molecule has 2 amide bonds. The summed E-state index contributed by atoms with van der Waals surface area (Å²) in [6.07, 6.45) is -4.44.